The average molecular weight is 303 g/mol. The fourth-order valence-electron chi connectivity index (χ4n) is 3.07. The van der Waals surface area contributed by atoms with Gasteiger partial charge < -0.3 is 10.0 Å². The molecule has 1 heterocycles. The maximum atomic E-state index is 12.4. The molecule has 118 valence electrons. The van der Waals surface area contributed by atoms with Crippen molar-refractivity contribution in [3.05, 3.63) is 35.9 Å². The Kier molecular flexibility index (Phi) is 4.96. The molecule has 1 atom stereocenters. The number of rotatable bonds is 6. The molecule has 0 radical (unpaired) electrons. The zero-order chi connectivity index (χ0) is 16.2. The van der Waals surface area contributed by atoms with Gasteiger partial charge in [-0.1, -0.05) is 37.3 Å². The molecule has 5 nitrogen and oxygen atoms in total. The lowest BCUT2D eigenvalue weighted by atomic mass is 9.87. The molecule has 0 spiro atoms. The van der Waals surface area contributed by atoms with Crippen molar-refractivity contribution in [2.45, 2.75) is 44.6 Å². The molecule has 1 fully saturated rings. The van der Waals surface area contributed by atoms with E-state index in [1.54, 1.807) is 0 Å². The second-order valence-electron chi connectivity index (χ2n) is 5.73. The number of ketones is 1. The van der Waals surface area contributed by atoms with Crippen LogP contribution < -0.4 is 0 Å². The van der Waals surface area contributed by atoms with Gasteiger partial charge in [-0.15, -0.1) is 0 Å². The van der Waals surface area contributed by atoms with Gasteiger partial charge in [0.25, 0.3) is 5.91 Å². The van der Waals surface area contributed by atoms with Crippen LogP contribution in [-0.4, -0.2) is 39.7 Å². The maximum absolute atomic E-state index is 12.4. The molecule has 1 N–H and O–H groups in total. The summed E-state index contributed by atoms with van der Waals surface area (Å²) >= 11 is 0. The quantitative estimate of drug-likeness (QED) is 0.816. The van der Waals surface area contributed by atoms with Crippen LogP contribution in [0.1, 0.15) is 38.2 Å². The van der Waals surface area contributed by atoms with Gasteiger partial charge in [0.2, 0.25) is 5.78 Å². The molecule has 2 rings (SSSR count). The van der Waals surface area contributed by atoms with Gasteiger partial charge >= 0.3 is 5.97 Å². The first kappa shape index (κ1) is 16.2. The molecule has 5 heteroatoms. The number of hydrogen-bond donors (Lipinski definition) is 1. The smallest absolute Gasteiger partial charge is 0.329 e. The number of hydrogen-bond acceptors (Lipinski definition) is 3. The molecule has 1 unspecified atom stereocenters. The number of amides is 1. The number of benzene rings is 1. The number of carbonyl (C=O) groups excluding carboxylic acids is 2. The summed E-state index contributed by atoms with van der Waals surface area (Å²) in [5.41, 5.74) is -0.450. The Morgan fingerprint density at radius 2 is 1.91 bits per heavy atom. The third kappa shape index (κ3) is 3.03. The van der Waals surface area contributed by atoms with Gasteiger partial charge in [0.05, 0.1) is 0 Å². The van der Waals surface area contributed by atoms with Gasteiger partial charge in [-0.05, 0) is 24.8 Å². The van der Waals surface area contributed by atoms with E-state index in [-0.39, 0.29) is 12.8 Å². The van der Waals surface area contributed by atoms with Crippen LogP contribution >= 0.6 is 0 Å². The predicted molar refractivity (Wildman–Crippen MR) is 81.4 cm³/mol. The molecule has 1 amide bonds. The SMILES string of the molecule is CCCC(=O)C(=O)N1CCCC1(Cc1ccccc1)C(=O)O. The predicted octanol–water partition coefficient (Wildman–Crippen LogP) is 2.04. The molecule has 1 aliphatic heterocycles. The molecule has 0 saturated carbocycles. The van der Waals surface area contributed by atoms with Gasteiger partial charge in [0.15, 0.2) is 0 Å². The van der Waals surface area contributed by atoms with Gasteiger partial charge in [0, 0.05) is 19.4 Å². The first-order valence-electron chi connectivity index (χ1n) is 7.63. The molecule has 0 bridgehead atoms. The van der Waals surface area contributed by atoms with Crippen LogP contribution in [0.4, 0.5) is 0 Å². The van der Waals surface area contributed by atoms with Crippen molar-refractivity contribution >= 4 is 17.7 Å². The van der Waals surface area contributed by atoms with Crippen molar-refractivity contribution in [3.63, 3.8) is 0 Å². The van der Waals surface area contributed by atoms with E-state index in [0.29, 0.717) is 25.8 Å². The van der Waals surface area contributed by atoms with Crippen LogP contribution in [0.15, 0.2) is 30.3 Å². The number of Topliss-reactive ketones (excluding diaryl/α,β-unsaturated/α-hetero) is 1. The summed E-state index contributed by atoms with van der Waals surface area (Å²) in [6, 6.07) is 9.24. The maximum Gasteiger partial charge on any atom is 0.329 e. The van der Waals surface area contributed by atoms with Gasteiger partial charge in [-0.2, -0.15) is 0 Å². The largest absolute Gasteiger partial charge is 0.479 e. The van der Waals surface area contributed by atoms with Gasteiger partial charge in [-0.25, -0.2) is 4.79 Å². The molecule has 1 aliphatic rings. The Morgan fingerprint density at radius 3 is 2.50 bits per heavy atom. The minimum absolute atomic E-state index is 0.163. The number of aliphatic carboxylic acids is 1. The Morgan fingerprint density at radius 1 is 1.23 bits per heavy atom. The molecule has 1 aromatic carbocycles. The molecule has 0 aromatic heterocycles. The monoisotopic (exact) mass is 303 g/mol. The van der Waals surface area contributed by atoms with E-state index in [1.165, 1.54) is 4.90 Å². The molecule has 0 aliphatic carbocycles. The van der Waals surface area contributed by atoms with Crippen molar-refractivity contribution in [2.24, 2.45) is 0 Å². The summed E-state index contributed by atoms with van der Waals surface area (Å²) in [5.74, 6) is -2.19. The zero-order valence-corrected chi connectivity index (χ0v) is 12.7. The minimum atomic E-state index is -1.30. The number of likely N-dealkylation sites (tertiary alicyclic amines) is 1. The average Bonchev–Trinajstić information content (AvgIpc) is 2.92. The van der Waals surface area contributed by atoms with E-state index >= 15 is 0 Å². The first-order chi connectivity index (χ1) is 10.5. The lowest BCUT2D eigenvalue weighted by Gasteiger charge is -2.34. The topological polar surface area (TPSA) is 74.7 Å². The van der Waals surface area contributed by atoms with E-state index in [1.807, 2.05) is 37.3 Å². The Labute approximate surface area is 129 Å². The van der Waals surface area contributed by atoms with Gasteiger partial charge in [0.1, 0.15) is 5.54 Å². The van der Waals surface area contributed by atoms with E-state index < -0.39 is 23.2 Å². The minimum Gasteiger partial charge on any atom is -0.479 e. The van der Waals surface area contributed by atoms with Gasteiger partial charge in [-0.3, -0.25) is 9.59 Å². The Hall–Kier alpha value is -2.17. The molecular weight excluding hydrogens is 282 g/mol. The summed E-state index contributed by atoms with van der Waals surface area (Å²) < 4.78 is 0. The number of carbonyl (C=O) groups is 3. The van der Waals surface area contributed by atoms with E-state index in [2.05, 4.69) is 0 Å². The number of nitrogens with zero attached hydrogens (tertiary/aromatic N) is 1. The number of carboxylic acid groups (broad SMARTS) is 1. The van der Waals surface area contributed by atoms with Crippen LogP contribution in [0.5, 0.6) is 0 Å². The third-order valence-electron chi connectivity index (χ3n) is 4.19. The van der Waals surface area contributed by atoms with E-state index in [9.17, 15) is 19.5 Å². The molecule has 22 heavy (non-hydrogen) atoms. The lowest BCUT2D eigenvalue weighted by Crippen LogP contribution is -2.56. The van der Waals surface area contributed by atoms with Crippen molar-refractivity contribution in [1.82, 2.24) is 4.90 Å². The molecule has 1 saturated heterocycles. The second-order valence-corrected chi connectivity index (χ2v) is 5.73. The Bertz CT molecular complexity index is 569. The number of carboxylic acids is 1. The highest BCUT2D eigenvalue weighted by atomic mass is 16.4. The summed E-state index contributed by atoms with van der Waals surface area (Å²) in [5, 5.41) is 9.75. The first-order valence-corrected chi connectivity index (χ1v) is 7.63. The summed E-state index contributed by atoms with van der Waals surface area (Å²) in [4.78, 5) is 37.5. The second kappa shape index (κ2) is 6.73. The van der Waals surface area contributed by atoms with Crippen LogP contribution in [0.25, 0.3) is 0 Å². The van der Waals surface area contributed by atoms with Crippen molar-refractivity contribution in [3.8, 4) is 0 Å². The van der Waals surface area contributed by atoms with Crippen LogP contribution in [-0.2, 0) is 20.8 Å². The van der Waals surface area contributed by atoms with Crippen molar-refractivity contribution in [2.75, 3.05) is 6.54 Å². The van der Waals surface area contributed by atoms with Crippen molar-refractivity contribution in [1.29, 1.82) is 0 Å². The fourth-order valence-corrected chi connectivity index (χ4v) is 3.07. The fraction of sp³-hybridized carbons (Fsp3) is 0.471. The summed E-state index contributed by atoms with van der Waals surface area (Å²) in [6.07, 6.45) is 1.95. The highest BCUT2D eigenvalue weighted by molar-refractivity contribution is 6.36. The van der Waals surface area contributed by atoms with Crippen LogP contribution in [0.2, 0.25) is 0 Å². The molecule has 1 aromatic rings. The summed E-state index contributed by atoms with van der Waals surface area (Å²) in [6.45, 7) is 2.15. The standard InChI is InChI=1S/C17H21NO4/c1-2-7-14(19)15(20)18-11-6-10-17(18,16(21)22)12-13-8-4-3-5-9-13/h3-5,8-9H,2,6-7,10-12H2,1H3,(H,21,22). The molecular formula is C17H21NO4. The summed E-state index contributed by atoms with van der Waals surface area (Å²) in [7, 11) is 0. The highest BCUT2D eigenvalue weighted by Crippen LogP contribution is 2.33. The zero-order valence-electron chi connectivity index (χ0n) is 12.7. The van der Waals surface area contributed by atoms with Crippen LogP contribution in [0.3, 0.4) is 0 Å². The Balaban J connectivity index is 2.30. The van der Waals surface area contributed by atoms with Crippen LogP contribution in [0, 0.1) is 0 Å². The third-order valence-corrected chi connectivity index (χ3v) is 4.19. The highest BCUT2D eigenvalue weighted by Gasteiger charge is 2.50. The normalized spacial score (nSPS) is 20.9. The lowest BCUT2D eigenvalue weighted by molar-refractivity contribution is -0.159. The van der Waals surface area contributed by atoms with E-state index in [4.69, 9.17) is 0 Å². The van der Waals surface area contributed by atoms with Crippen molar-refractivity contribution < 1.29 is 19.5 Å². The van der Waals surface area contributed by atoms with E-state index in [0.717, 1.165) is 5.56 Å².